The van der Waals surface area contributed by atoms with Crippen LogP contribution in [-0.4, -0.2) is 34.9 Å². The summed E-state index contributed by atoms with van der Waals surface area (Å²) in [5.74, 6) is -1.29. The number of rotatable bonds is 6. The lowest BCUT2D eigenvalue weighted by atomic mass is 10.1. The molecule has 4 N–H and O–H groups in total. The van der Waals surface area contributed by atoms with Crippen molar-refractivity contribution in [1.82, 2.24) is 10.6 Å². The van der Waals surface area contributed by atoms with Gasteiger partial charge in [-0.2, -0.15) is 0 Å². The van der Waals surface area contributed by atoms with Crippen molar-refractivity contribution in [3.8, 4) is 0 Å². The summed E-state index contributed by atoms with van der Waals surface area (Å²) in [6.45, 7) is 2.46. The van der Waals surface area contributed by atoms with Crippen LogP contribution in [0.4, 0.5) is 4.79 Å². The van der Waals surface area contributed by atoms with Gasteiger partial charge in [-0.05, 0) is 18.1 Å². The molecule has 6 heteroatoms. The van der Waals surface area contributed by atoms with Crippen LogP contribution >= 0.6 is 0 Å². The van der Waals surface area contributed by atoms with Gasteiger partial charge in [0, 0.05) is 19.5 Å². The number of aryl methyl sites for hydroxylation is 1. The first-order valence-electron chi connectivity index (χ1n) is 5.97. The van der Waals surface area contributed by atoms with Crippen molar-refractivity contribution in [3.05, 3.63) is 35.4 Å². The normalized spacial score (nSPS) is 11.7. The Morgan fingerprint density at radius 1 is 1.26 bits per heavy atom. The van der Waals surface area contributed by atoms with Gasteiger partial charge in [0.15, 0.2) is 6.10 Å². The third-order valence-corrected chi connectivity index (χ3v) is 2.69. The van der Waals surface area contributed by atoms with E-state index in [1.807, 2.05) is 31.2 Å². The molecule has 0 spiro atoms. The summed E-state index contributed by atoms with van der Waals surface area (Å²) in [6.07, 6.45) is -1.47. The highest BCUT2D eigenvalue weighted by molar-refractivity contribution is 5.74. The Bertz CT molecular complexity index is 448. The molecule has 0 aliphatic rings. The Hall–Kier alpha value is -2.08. The van der Waals surface area contributed by atoms with Crippen molar-refractivity contribution < 1.29 is 19.8 Å². The number of nitrogens with one attached hydrogen (secondary N) is 2. The van der Waals surface area contributed by atoms with Crippen molar-refractivity contribution in [2.75, 3.05) is 6.54 Å². The van der Waals surface area contributed by atoms with E-state index in [1.54, 1.807) is 0 Å². The third-order valence-electron chi connectivity index (χ3n) is 2.69. The molecular formula is C13H18N2O4. The van der Waals surface area contributed by atoms with Gasteiger partial charge < -0.3 is 20.8 Å². The van der Waals surface area contributed by atoms with E-state index in [1.165, 1.54) is 0 Å². The van der Waals surface area contributed by atoms with Gasteiger partial charge in [-0.25, -0.2) is 9.59 Å². The van der Waals surface area contributed by atoms with Crippen LogP contribution in [0.2, 0.25) is 0 Å². The van der Waals surface area contributed by atoms with Crippen LogP contribution < -0.4 is 10.6 Å². The molecule has 104 valence electrons. The van der Waals surface area contributed by atoms with Gasteiger partial charge in [-0.15, -0.1) is 0 Å². The Labute approximate surface area is 111 Å². The number of carboxylic acid groups (broad SMARTS) is 1. The fraction of sp³-hybridized carbons (Fsp3) is 0.385. The monoisotopic (exact) mass is 266 g/mol. The number of carbonyl (C=O) groups is 2. The number of urea groups is 1. The second kappa shape index (κ2) is 7.38. The van der Waals surface area contributed by atoms with Crippen LogP contribution in [0.3, 0.4) is 0 Å². The maximum absolute atomic E-state index is 11.4. The van der Waals surface area contributed by atoms with Gasteiger partial charge >= 0.3 is 12.0 Å². The summed E-state index contributed by atoms with van der Waals surface area (Å²) in [7, 11) is 0. The zero-order valence-corrected chi connectivity index (χ0v) is 10.7. The molecule has 0 unspecified atom stereocenters. The van der Waals surface area contributed by atoms with Crippen molar-refractivity contribution in [1.29, 1.82) is 0 Å². The number of carbonyl (C=O) groups excluding carboxylic acids is 1. The highest BCUT2D eigenvalue weighted by Gasteiger charge is 2.12. The molecule has 0 radical (unpaired) electrons. The minimum Gasteiger partial charge on any atom is -0.479 e. The molecule has 0 aliphatic carbocycles. The summed E-state index contributed by atoms with van der Waals surface area (Å²) in [6, 6.07) is 7.31. The number of hydrogen-bond acceptors (Lipinski definition) is 3. The van der Waals surface area contributed by atoms with Gasteiger partial charge in [0.05, 0.1) is 0 Å². The predicted octanol–water partition coefficient (Wildman–Crippen LogP) is 0.630. The van der Waals surface area contributed by atoms with Crippen LogP contribution in [0.1, 0.15) is 17.5 Å². The first-order valence-corrected chi connectivity index (χ1v) is 5.97. The van der Waals surface area contributed by atoms with Crippen molar-refractivity contribution in [3.63, 3.8) is 0 Å². The van der Waals surface area contributed by atoms with E-state index < -0.39 is 12.1 Å². The SMILES string of the molecule is Cc1ccccc1CNC(=O)NCC[C@H](O)C(=O)O. The highest BCUT2D eigenvalue weighted by atomic mass is 16.4. The van der Waals surface area contributed by atoms with Gasteiger partial charge in [0.25, 0.3) is 0 Å². The molecule has 1 aromatic carbocycles. The first-order chi connectivity index (χ1) is 9.00. The standard InChI is InChI=1S/C13H18N2O4/c1-9-4-2-3-5-10(9)8-15-13(19)14-7-6-11(16)12(17)18/h2-5,11,16H,6-8H2,1H3,(H,17,18)(H2,14,15,19)/t11-/m0/s1. The quantitative estimate of drug-likeness (QED) is 0.607. The van der Waals surface area contributed by atoms with Crippen LogP contribution in [0.15, 0.2) is 24.3 Å². The number of amides is 2. The Morgan fingerprint density at radius 3 is 2.58 bits per heavy atom. The molecule has 0 bridgehead atoms. The maximum Gasteiger partial charge on any atom is 0.332 e. The van der Waals surface area contributed by atoms with Crippen molar-refractivity contribution >= 4 is 12.0 Å². The van der Waals surface area contributed by atoms with E-state index in [0.717, 1.165) is 11.1 Å². The lowest BCUT2D eigenvalue weighted by Crippen LogP contribution is -2.37. The predicted molar refractivity (Wildman–Crippen MR) is 69.7 cm³/mol. The van der Waals surface area contributed by atoms with Crippen LogP contribution in [0.25, 0.3) is 0 Å². The highest BCUT2D eigenvalue weighted by Crippen LogP contribution is 2.05. The second-order valence-corrected chi connectivity index (χ2v) is 4.18. The Morgan fingerprint density at radius 2 is 1.95 bits per heavy atom. The molecule has 6 nitrogen and oxygen atoms in total. The average Bonchev–Trinajstić information content (AvgIpc) is 2.37. The third kappa shape index (κ3) is 5.39. The number of aliphatic hydroxyl groups is 1. The molecule has 0 saturated heterocycles. The van der Waals surface area contributed by atoms with Gasteiger partial charge in [-0.3, -0.25) is 0 Å². The fourth-order valence-corrected chi connectivity index (χ4v) is 1.49. The summed E-state index contributed by atoms with van der Waals surface area (Å²) < 4.78 is 0. The second-order valence-electron chi connectivity index (χ2n) is 4.18. The van der Waals surface area contributed by atoms with Crippen LogP contribution in [-0.2, 0) is 11.3 Å². The number of aliphatic hydroxyl groups excluding tert-OH is 1. The van der Waals surface area contributed by atoms with E-state index in [2.05, 4.69) is 10.6 Å². The van der Waals surface area contributed by atoms with E-state index in [-0.39, 0.29) is 19.0 Å². The molecule has 0 aromatic heterocycles. The molecule has 2 amide bonds. The molecule has 0 aliphatic heterocycles. The summed E-state index contributed by atoms with van der Waals surface area (Å²) in [4.78, 5) is 21.8. The van der Waals surface area contributed by atoms with Crippen molar-refractivity contribution in [2.24, 2.45) is 0 Å². The first kappa shape index (κ1) is 15.0. The molecule has 0 heterocycles. The largest absolute Gasteiger partial charge is 0.479 e. The average molecular weight is 266 g/mol. The zero-order chi connectivity index (χ0) is 14.3. The van der Waals surface area contributed by atoms with E-state index in [4.69, 9.17) is 10.2 Å². The van der Waals surface area contributed by atoms with Gasteiger partial charge in [-0.1, -0.05) is 24.3 Å². The maximum atomic E-state index is 11.4. The van der Waals surface area contributed by atoms with Gasteiger partial charge in [0.2, 0.25) is 0 Å². The topological polar surface area (TPSA) is 98.7 Å². The molecule has 1 aromatic rings. The van der Waals surface area contributed by atoms with Gasteiger partial charge in [0.1, 0.15) is 0 Å². The van der Waals surface area contributed by atoms with E-state index in [9.17, 15) is 9.59 Å². The van der Waals surface area contributed by atoms with Crippen molar-refractivity contribution in [2.45, 2.75) is 26.0 Å². The fourth-order valence-electron chi connectivity index (χ4n) is 1.49. The summed E-state index contributed by atoms with van der Waals surface area (Å²) in [5, 5.41) is 22.6. The molecule has 19 heavy (non-hydrogen) atoms. The lowest BCUT2D eigenvalue weighted by Gasteiger charge is -2.10. The molecular weight excluding hydrogens is 248 g/mol. The number of benzene rings is 1. The lowest BCUT2D eigenvalue weighted by molar-refractivity contribution is -0.146. The number of hydrogen-bond donors (Lipinski definition) is 4. The van der Waals surface area contributed by atoms with E-state index in [0.29, 0.717) is 6.54 Å². The molecule has 1 atom stereocenters. The Balaban J connectivity index is 2.25. The molecule has 1 rings (SSSR count). The zero-order valence-electron chi connectivity index (χ0n) is 10.7. The minimum absolute atomic E-state index is 0.0207. The molecule has 0 saturated carbocycles. The number of carboxylic acids is 1. The van der Waals surface area contributed by atoms with Crippen LogP contribution in [0, 0.1) is 6.92 Å². The van der Waals surface area contributed by atoms with E-state index >= 15 is 0 Å². The van der Waals surface area contributed by atoms with Crippen LogP contribution in [0.5, 0.6) is 0 Å². The Kier molecular flexibility index (Phi) is 5.81. The minimum atomic E-state index is -1.45. The summed E-state index contributed by atoms with van der Waals surface area (Å²) in [5.41, 5.74) is 2.10. The smallest absolute Gasteiger partial charge is 0.332 e. The summed E-state index contributed by atoms with van der Waals surface area (Å²) >= 11 is 0. The molecule has 0 fully saturated rings. The number of aliphatic carboxylic acids is 1.